The fraction of sp³-hybridized carbons (Fsp3) is 0. The smallest absolute Gasteiger partial charge is 0.137 e. The minimum absolute atomic E-state index is 0.866. The third-order valence-corrected chi connectivity index (χ3v) is 9.25. The van der Waals surface area contributed by atoms with Crippen LogP contribution in [-0.4, -0.2) is 0 Å². The zero-order valence-corrected chi connectivity index (χ0v) is 26.3. The van der Waals surface area contributed by atoms with Gasteiger partial charge in [-0.3, -0.25) is 0 Å². The topological polar surface area (TPSA) is 16.4 Å². The molecule has 0 saturated heterocycles. The lowest BCUT2D eigenvalue weighted by atomic mass is 9.98. The summed E-state index contributed by atoms with van der Waals surface area (Å²) in [5.41, 5.74) is 12.1. The Morgan fingerprint density at radius 2 is 0.833 bits per heavy atom. The van der Waals surface area contributed by atoms with Crippen molar-refractivity contribution in [1.82, 2.24) is 0 Å². The molecule has 1 aromatic heterocycles. The molecule has 0 atom stereocenters. The highest BCUT2D eigenvalue weighted by Crippen LogP contribution is 2.42. The highest BCUT2D eigenvalue weighted by atomic mass is 16.3. The number of benzene rings is 8. The molecule has 0 fully saturated rings. The standard InChI is InChI=1S/C46H31NO/c1-4-11-32(12-5-1)35-21-24-39(25-22-35)47(40-18-10-17-37(29-40)33-13-6-2-7-14-33)41-26-27-42-45(31-41)48-44-28-23-36-19-20-38(30-43(36)46(42)44)34-15-8-3-9-16-34/h1-31H. The Morgan fingerprint density at radius 3 is 1.52 bits per heavy atom. The molecular weight excluding hydrogens is 583 g/mol. The molecule has 9 aromatic rings. The van der Waals surface area contributed by atoms with Crippen LogP contribution in [0, 0.1) is 0 Å². The van der Waals surface area contributed by atoms with Crippen LogP contribution in [0.25, 0.3) is 66.1 Å². The molecule has 0 radical (unpaired) electrons. The van der Waals surface area contributed by atoms with Crippen molar-refractivity contribution >= 4 is 49.8 Å². The summed E-state index contributed by atoms with van der Waals surface area (Å²) in [4.78, 5) is 2.32. The third kappa shape index (κ3) is 5.01. The predicted octanol–water partition coefficient (Wildman–Crippen LogP) is 13.2. The molecule has 0 bridgehead atoms. The number of hydrogen-bond acceptors (Lipinski definition) is 2. The van der Waals surface area contributed by atoms with Gasteiger partial charge in [-0.05, 0) is 92.7 Å². The first-order valence-corrected chi connectivity index (χ1v) is 16.3. The van der Waals surface area contributed by atoms with Crippen LogP contribution in [0.2, 0.25) is 0 Å². The van der Waals surface area contributed by atoms with Crippen LogP contribution in [0.4, 0.5) is 17.1 Å². The summed E-state index contributed by atoms with van der Waals surface area (Å²) in [6.45, 7) is 0. The summed E-state index contributed by atoms with van der Waals surface area (Å²) in [6, 6.07) is 66.8. The molecule has 0 amide bonds. The molecule has 9 rings (SSSR count). The molecule has 0 spiro atoms. The number of rotatable bonds is 6. The average Bonchev–Trinajstić information content (AvgIpc) is 3.55. The first kappa shape index (κ1) is 27.9. The molecular formula is C46H31NO. The lowest BCUT2D eigenvalue weighted by Gasteiger charge is -2.26. The van der Waals surface area contributed by atoms with Gasteiger partial charge in [0.1, 0.15) is 11.2 Å². The Bertz CT molecular complexity index is 2530. The zero-order chi connectivity index (χ0) is 31.9. The van der Waals surface area contributed by atoms with E-state index < -0.39 is 0 Å². The van der Waals surface area contributed by atoms with E-state index in [9.17, 15) is 0 Å². The summed E-state index contributed by atoms with van der Waals surface area (Å²) >= 11 is 0. The Balaban J connectivity index is 1.20. The predicted molar refractivity (Wildman–Crippen MR) is 202 cm³/mol. The molecule has 0 aliphatic rings. The van der Waals surface area contributed by atoms with Gasteiger partial charge in [-0.1, -0.05) is 133 Å². The van der Waals surface area contributed by atoms with Gasteiger partial charge in [0.05, 0.1) is 0 Å². The van der Waals surface area contributed by atoms with E-state index in [4.69, 9.17) is 4.42 Å². The van der Waals surface area contributed by atoms with Crippen LogP contribution >= 0.6 is 0 Å². The zero-order valence-electron chi connectivity index (χ0n) is 26.3. The maximum absolute atomic E-state index is 6.61. The number of anilines is 3. The number of furan rings is 1. The van der Waals surface area contributed by atoms with Crippen molar-refractivity contribution in [3.63, 3.8) is 0 Å². The van der Waals surface area contributed by atoms with Gasteiger partial charge in [0.25, 0.3) is 0 Å². The molecule has 0 aliphatic heterocycles. The monoisotopic (exact) mass is 613 g/mol. The van der Waals surface area contributed by atoms with Gasteiger partial charge < -0.3 is 9.32 Å². The van der Waals surface area contributed by atoms with E-state index in [1.54, 1.807) is 0 Å². The van der Waals surface area contributed by atoms with Crippen molar-refractivity contribution in [3.05, 3.63) is 188 Å². The maximum atomic E-state index is 6.61. The Kier molecular flexibility index (Phi) is 6.84. The van der Waals surface area contributed by atoms with E-state index in [1.807, 2.05) is 0 Å². The second kappa shape index (κ2) is 11.8. The van der Waals surface area contributed by atoms with Crippen LogP contribution in [0.5, 0.6) is 0 Å². The third-order valence-electron chi connectivity index (χ3n) is 9.25. The number of fused-ring (bicyclic) bond motifs is 5. The van der Waals surface area contributed by atoms with Crippen LogP contribution in [0.3, 0.4) is 0 Å². The summed E-state index contributed by atoms with van der Waals surface area (Å²) in [5, 5.41) is 4.66. The van der Waals surface area contributed by atoms with Crippen molar-refractivity contribution in [2.75, 3.05) is 4.90 Å². The summed E-state index contributed by atoms with van der Waals surface area (Å²) < 4.78 is 6.61. The molecule has 1 heterocycles. The number of nitrogens with zero attached hydrogens (tertiary/aromatic N) is 1. The molecule has 0 saturated carbocycles. The fourth-order valence-electron chi connectivity index (χ4n) is 6.87. The van der Waals surface area contributed by atoms with Crippen LogP contribution in [-0.2, 0) is 0 Å². The van der Waals surface area contributed by atoms with Gasteiger partial charge in [-0.25, -0.2) is 0 Å². The van der Waals surface area contributed by atoms with Crippen molar-refractivity contribution < 1.29 is 4.42 Å². The SMILES string of the molecule is c1ccc(-c2ccc(N(c3cccc(-c4ccccc4)c3)c3ccc4c(c3)oc3ccc5ccc(-c6ccccc6)cc5c34)cc2)cc1. The highest BCUT2D eigenvalue weighted by Gasteiger charge is 2.18. The van der Waals surface area contributed by atoms with E-state index >= 15 is 0 Å². The van der Waals surface area contributed by atoms with Gasteiger partial charge in [-0.2, -0.15) is 0 Å². The van der Waals surface area contributed by atoms with Gasteiger partial charge in [0.2, 0.25) is 0 Å². The number of hydrogen-bond donors (Lipinski definition) is 0. The second-order valence-electron chi connectivity index (χ2n) is 12.2. The Hall–Kier alpha value is -6.38. The van der Waals surface area contributed by atoms with Crippen molar-refractivity contribution in [2.24, 2.45) is 0 Å². The Morgan fingerprint density at radius 1 is 0.312 bits per heavy atom. The first-order valence-electron chi connectivity index (χ1n) is 16.3. The van der Waals surface area contributed by atoms with Gasteiger partial charge >= 0.3 is 0 Å². The van der Waals surface area contributed by atoms with E-state index in [2.05, 4.69) is 193 Å². The van der Waals surface area contributed by atoms with Gasteiger partial charge in [-0.15, -0.1) is 0 Å². The van der Waals surface area contributed by atoms with Crippen molar-refractivity contribution in [1.29, 1.82) is 0 Å². The quantitative estimate of drug-likeness (QED) is 0.185. The summed E-state index contributed by atoms with van der Waals surface area (Å²) in [5.74, 6) is 0. The van der Waals surface area contributed by atoms with Gasteiger partial charge in [0.15, 0.2) is 0 Å². The lowest BCUT2D eigenvalue weighted by Crippen LogP contribution is -2.10. The molecule has 0 unspecified atom stereocenters. The minimum atomic E-state index is 0.866. The van der Waals surface area contributed by atoms with Crippen LogP contribution < -0.4 is 4.90 Å². The molecule has 2 nitrogen and oxygen atoms in total. The first-order chi connectivity index (χ1) is 23.8. The van der Waals surface area contributed by atoms with E-state index in [0.29, 0.717) is 0 Å². The molecule has 48 heavy (non-hydrogen) atoms. The summed E-state index contributed by atoms with van der Waals surface area (Å²) in [7, 11) is 0. The fourth-order valence-corrected chi connectivity index (χ4v) is 6.87. The van der Waals surface area contributed by atoms with E-state index in [0.717, 1.165) is 39.0 Å². The van der Waals surface area contributed by atoms with Crippen LogP contribution in [0.1, 0.15) is 0 Å². The minimum Gasteiger partial charge on any atom is -0.456 e. The molecule has 8 aromatic carbocycles. The lowest BCUT2D eigenvalue weighted by molar-refractivity contribution is 0.669. The maximum Gasteiger partial charge on any atom is 0.137 e. The highest BCUT2D eigenvalue weighted by molar-refractivity contribution is 6.19. The summed E-state index contributed by atoms with van der Waals surface area (Å²) in [6.07, 6.45) is 0. The molecule has 0 N–H and O–H groups in total. The normalized spacial score (nSPS) is 11.3. The second-order valence-corrected chi connectivity index (χ2v) is 12.2. The average molecular weight is 614 g/mol. The molecule has 0 aliphatic carbocycles. The van der Waals surface area contributed by atoms with Crippen LogP contribution in [0.15, 0.2) is 192 Å². The molecule has 226 valence electrons. The van der Waals surface area contributed by atoms with Gasteiger partial charge in [0, 0.05) is 33.9 Å². The largest absolute Gasteiger partial charge is 0.456 e. The Labute approximate surface area is 279 Å². The van der Waals surface area contributed by atoms with E-state index in [-0.39, 0.29) is 0 Å². The van der Waals surface area contributed by atoms with Crippen molar-refractivity contribution in [2.45, 2.75) is 0 Å². The van der Waals surface area contributed by atoms with E-state index in [1.165, 1.54) is 44.2 Å². The molecule has 2 heteroatoms. The van der Waals surface area contributed by atoms with Crippen molar-refractivity contribution in [3.8, 4) is 33.4 Å².